The lowest BCUT2D eigenvalue weighted by Gasteiger charge is -2.12. The van der Waals surface area contributed by atoms with E-state index in [1.807, 2.05) is 30.3 Å². The van der Waals surface area contributed by atoms with E-state index in [0.29, 0.717) is 4.90 Å². The van der Waals surface area contributed by atoms with Crippen molar-refractivity contribution < 1.29 is 22.7 Å². The van der Waals surface area contributed by atoms with Crippen molar-refractivity contribution in [1.29, 1.82) is 0 Å². The van der Waals surface area contributed by atoms with Crippen molar-refractivity contribution in [2.45, 2.75) is 14.7 Å². The lowest BCUT2D eigenvalue weighted by Crippen LogP contribution is -2.16. The minimum Gasteiger partial charge on any atom is -0.460 e. The van der Waals surface area contributed by atoms with Crippen molar-refractivity contribution in [2.24, 2.45) is 5.14 Å². The molecule has 6 nitrogen and oxygen atoms in total. The third kappa shape index (κ3) is 5.45. The van der Waals surface area contributed by atoms with Gasteiger partial charge in [0, 0.05) is 16.9 Å². The molecule has 0 bridgehead atoms. The molecule has 2 rings (SSSR count). The minimum atomic E-state index is -4.08. The molecular formula is C16H16ClNO5S2. The number of ether oxygens (including phenoxy) is 2. The van der Waals surface area contributed by atoms with E-state index in [2.05, 4.69) is 0 Å². The van der Waals surface area contributed by atoms with Crippen LogP contribution in [-0.4, -0.2) is 34.7 Å². The van der Waals surface area contributed by atoms with Gasteiger partial charge in [-0.1, -0.05) is 41.6 Å². The van der Waals surface area contributed by atoms with Gasteiger partial charge in [-0.05, 0) is 24.3 Å². The Morgan fingerprint density at radius 1 is 1.20 bits per heavy atom. The van der Waals surface area contributed by atoms with Gasteiger partial charge in [0.2, 0.25) is 10.0 Å². The predicted molar refractivity (Wildman–Crippen MR) is 95.5 cm³/mol. The molecule has 0 heterocycles. The number of carbonyl (C=O) groups is 1. The fraction of sp³-hybridized carbons (Fsp3) is 0.188. The van der Waals surface area contributed by atoms with Gasteiger partial charge in [0.1, 0.15) is 11.5 Å². The van der Waals surface area contributed by atoms with E-state index >= 15 is 0 Å². The zero-order valence-electron chi connectivity index (χ0n) is 13.3. The van der Waals surface area contributed by atoms with Crippen LogP contribution in [0.3, 0.4) is 0 Å². The van der Waals surface area contributed by atoms with E-state index in [0.717, 1.165) is 11.0 Å². The number of esters is 1. The maximum absolute atomic E-state index is 12.4. The topological polar surface area (TPSA) is 95.7 Å². The van der Waals surface area contributed by atoms with Crippen LogP contribution in [0.25, 0.3) is 0 Å². The van der Waals surface area contributed by atoms with Crippen LogP contribution >= 0.6 is 23.4 Å². The summed E-state index contributed by atoms with van der Waals surface area (Å²) in [7, 11) is -2.60. The van der Waals surface area contributed by atoms with Gasteiger partial charge in [-0.3, -0.25) is 0 Å². The first kappa shape index (κ1) is 19.7. The number of primary sulfonamides is 1. The standard InChI is InChI=1S/C16H16ClNO5S2/c1-22-7-8-23-16(19)12-9-15(25(18,20)21)13(17)10-14(12)24-11-5-3-2-4-6-11/h2-6,9-10H,7-8H2,1H3,(H2,18,20,21). The van der Waals surface area contributed by atoms with Gasteiger partial charge in [-0.25, -0.2) is 18.4 Å². The van der Waals surface area contributed by atoms with Crippen LogP contribution < -0.4 is 5.14 Å². The van der Waals surface area contributed by atoms with Gasteiger partial charge in [0.05, 0.1) is 17.2 Å². The second-order valence-electron chi connectivity index (χ2n) is 4.87. The molecule has 0 unspecified atom stereocenters. The first-order valence-electron chi connectivity index (χ1n) is 7.08. The highest BCUT2D eigenvalue weighted by molar-refractivity contribution is 7.99. The van der Waals surface area contributed by atoms with Gasteiger partial charge in [-0.15, -0.1) is 0 Å². The molecule has 2 aromatic rings. The Labute approximate surface area is 155 Å². The Kier molecular flexibility index (Phi) is 6.86. The van der Waals surface area contributed by atoms with Crippen LogP contribution in [0.2, 0.25) is 5.02 Å². The quantitative estimate of drug-likeness (QED) is 0.566. The number of nitrogens with two attached hydrogens (primary N) is 1. The Hall–Kier alpha value is -1.58. The summed E-state index contributed by atoms with van der Waals surface area (Å²) in [6.07, 6.45) is 0. The molecule has 0 aromatic heterocycles. The second kappa shape index (κ2) is 8.68. The molecule has 0 aliphatic rings. The molecule has 2 aromatic carbocycles. The number of benzene rings is 2. The molecule has 0 aliphatic heterocycles. The van der Waals surface area contributed by atoms with E-state index < -0.39 is 16.0 Å². The molecule has 0 spiro atoms. The molecule has 0 atom stereocenters. The number of rotatable bonds is 7. The second-order valence-corrected chi connectivity index (χ2v) is 7.92. The number of halogens is 1. The number of hydrogen-bond donors (Lipinski definition) is 1. The highest BCUT2D eigenvalue weighted by Gasteiger charge is 2.22. The van der Waals surface area contributed by atoms with Gasteiger partial charge in [0.25, 0.3) is 0 Å². The number of methoxy groups -OCH3 is 1. The molecule has 2 N–H and O–H groups in total. The fourth-order valence-electron chi connectivity index (χ4n) is 1.91. The summed E-state index contributed by atoms with van der Waals surface area (Å²) in [6, 6.07) is 11.8. The van der Waals surface area contributed by atoms with Gasteiger partial charge < -0.3 is 9.47 Å². The molecule has 25 heavy (non-hydrogen) atoms. The Bertz CT molecular complexity index is 856. The molecule has 0 radical (unpaired) electrons. The van der Waals surface area contributed by atoms with Crippen LogP contribution in [-0.2, 0) is 19.5 Å². The summed E-state index contributed by atoms with van der Waals surface area (Å²) in [5.41, 5.74) is 0.0679. The van der Waals surface area contributed by atoms with Gasteiger partial charge >= 0.3 is 5.97 Å². The third-order valence-corrected chi connectivity index (χ3v) is 5.49. The summed E-state index contributed by atoms with van der Waals surface area (Å²) in [6.45, 7) is 0.265. The molecule has 134 valence electrons. The van der Waals surface area contributed by atoms with E-state index in [1.54, 1.807) is 0 Å². The SMILES string of the molecule is COCCOC(=O)c1cc(S(N)(=O)=O)c(Cl)cc1Sc1ccccc1. The summed E-state index contributed by atoms with van der Waals surface area (Å²) >= 11 is 7.30. The summed E-state index contributed by atoms with van der Waals surface area (Å²) in [5.74, 6) is -0.683. The zero-order valence-corrected chi connectivity index (χ0v) is 15.7. The maximum Gasteiger partial charge on any atom is 0.339 e. The van der Waals surface area contributed by atoms with Crippen molar-refractivity contribution in [3.8, 4) is 0 Å². The van der Waals surface area contributed by atoms with Gasteiger partial charge in [-0.2, -0.15) is 0 Å². The molecule has 0 fully saturated rings. The Morgan fingerprint density at radius 3 is 2.48 bits per heavy atom. The summed E-state index contributed by atoms with van der Waals surface area (Å²) in [4.78, 5) is 13.3. The van der Waals surface area contributed by atoms with Crippen LogP contribution in [0.5, 0.6) is 0 Å². The predicted octanol–water partition coefficient (Wildman–Crippen LogP) is 2.94. The lowest BCUT2D eigenvalue weighted by molar-refractivity contribution is 0.0384. The number of hydrogen-bond acceptors (Lipinski definition) is 6. The zero-order chi connectivity index (χ0) is 18.4. The number of carbonyl (C=O) groups excluding carboxylic acids is 1. The molecule has 0 aliphatic carbocycles. The summed E-state index contributed by atoms with van der Waals surface area (Å²) in [5, 5.41) is 5.10. The highest BCUT2D eigenvalue weighted by Crippen LogP contribution is 2.35. The molecule has 0 saturated heterocycles. The lowest BCUT2D eigenvalue weighted by atomic mass is 10.2. The van der Waals surface area contributed by atoms with E-state index in [9.17, 15) is 13.2 Å². The molecule has 0 saturated carbocycles. The van der Waals surface area contributed by atoms with Crippen LogP contribution in [0, 0.1) is 0 Å². The average molecular weight is 402 g/mol. The van der Waals surface area contributed by atoms with E-state index in [1.165, 1.54) is 24.9 Å². The van der Waals surface area contributed by atoms with Crippen LogP contribution in [0.1, 0.15) is 10.4 Å². The van der Waals surface area contributed by atoms with Gasteiger partial charge in [0.15, 0.2) is 0 Å². The maximum atomic E-state index is 12.4. The van der Waals surface area contributed by atoms with Crippen LogP contribution in [0.15, 0.2) is 57.2 Å². The molecule has 9 heteroatoms. The number of sulfonamides is 1. The van der Waals surface area contributed by atoms with Crippen molar-refractivity contribution >= 4 is 39.4 Å². The van der Waals surface area contributed by atoms with E-state index in [-0.39, 0.29) is 28.7 Å². The largest absolute Gasteiger partial charge is 0.460 e. The first-order chi connectivity index (χ1) is 11.8. The Balaban J connectivity index is 2.45. The van der Waals surface area contributed by atoms with Crippen molar-refractivity contribution in [2.75, 3.05) is 20.3 Å². The average Bonchev–Trinajstić information content (AvgIpc) is 2.55. The third-order valence-electron chi connectivity index (χ3n) is 3.05. The Morgan fingerprint density at radius 2 is 1.88 bits per heavy atom. The molecular weight excluding hydrogens is 386 g/mol. The van der Waals surface area contributed by atoms with Crippen molar-refractivity contribution in [3.05, 3.63) is 53.1 Å². The molecule has 0 amide bonds. The van der Waals surface area contributed by atoms with Crippen molar-refractivity contribution in [1.82, 2.24) is 0 Å². The first-order valence-corrected chi connectivity index (χ1v) is 9.82. The smallest absolute Gasteiger partial charge is 0.339 e. The van der Waals surface area contributed by atoms with E-state index in [4.69, 9.17) is 26.2 Å². The normalized spacial score (nSPS) is 11.3. The monoisotopic (exact) mass is 401 g/mol. The van der Waals surface area contributed by atoms with Crippen molar-refractivity contribution in [3.63, 3.8) is 0 Å². The highest BCUT2D eigenvalue weighted by atomic mass is 35.5. The minimum absolute atomic E-state index is 0.0398. The fourth-order valence-corrected chi connectivity index (χ4v) is 4.05. The summed E-state index contributed by atoms with van der Waals surface area (Å²) < 4.78 is 33.3. The van der Waals surface area contributed by atoms with Crippen LogP contribution in [0.4, 0.5) is 0 Å².